The van der Waals surface area contributed by atoms with Crippen LogP contribution in [0.3, 0.4) is 0 Å². The molecule has 4 heteroatoms. The van der Waals surface area contributed by atoms with E-state index in [-0.39, 0.29) is 5.69 Å². The van der Waals surface area contributed by atoms with Crippen molar-refractivity contribution < 1.29 is 9.90 Å². The van der Waals surface area contributed by atoms with E-state index in [1.807, 2.05) is 19.1 Å². The molecule has 2 rings (SSSR count). The largest absolute Gasteiger partial charge is 0.476 e. The Morgan fingerprint density at radius 2 is 2.00 bits per heavy atom. The van der Waals surface area contributed by atoms with Crippen molar-refractivity contribution in [2.24, 2.45) is 0 Å². The Morgan fingerprint density at radius 1 is 1.27 bits per heavy atom. The Kier molecular flexibility index (Phi) is 2.11. The predicted octanol–water partition coefficient (Wildman–Crippen LogP) is 1.94. The van der Waals surface area contributed by atoms with Gasteiger partial charge in [-0.2, -0.15) is 0 Å². The van der Waals surface area contributed by atoms with Gasteiger partial charge in [0.05, 0.1) is 16.7 Å². The average molecular weight is 202 g/mol. The molecule has 0 bridgehead atoms. The summed E-state index contributed by atoms with van der Waals surface area (Å²) in [6, 6.07) is 5.53. The minimum absolute atomic E-state index is 0.0214. The second-order valence-corrected chi connectivity index (χ2v) is 3.41. The molecule has 0 fully saturated rings. The van der Waals surface area contributed by atoms with Gasteiger partial charge in [0.15, 0.2) is 5.69 Å². The van der Waals surface area contributed by atoms with Crippen molar-refractivity contribution in [3.63, 3.8) is 0 Å². The molecule has 0 aliphatic rings. The van der Waals surface area contributed by atoms with Gasteiger partial charge in [-0.05, 0) is 25.5 Å². The number of hydrogen-bond acceptors (Lipinski definition) is 3. The van der Waals surface area contributed by atoms with Gasteiger partial charge in [0, 0.05) is 0 Å². The predicted molar refractivity (Wildman–Crippen MR) is 56.0 cm³/mol. The summed E-state index contributed by atoms with van der Waals surface area (Å²) in [7, 11) is 0. The van der Waals surface area contributed by atoms with Crippen LogP contribution in [0.1, 0.15) is 21.7 Å². The summed E-state index contributed by atoms with van der Waals surface area (Å²) in [5.74, 6) is -1.04. The molecule has 0 unspecified atom stereocenters. The second kappa shape index (κ2) is 3.31. The number of aromatic carboxylic acids is 1. The van der Waals surface area contributed by atoms with Crippen LogP contribution in [-0.4, -0.2) is 21.0 Å². The van der Waals surface area contributed by atoms with Crippen molar-refractivity contribution in [1.82, 2.24) is 9.97 Å². The summed E-state index contributed by atoms with van der Waals surface area (Å²) in [6.45, 7) is 3.58. The monoisotopic (exact) mass is 202 g/mol. The van der Waals surface area contributed by atoms with E-state index in [1.54, 1.807) is 13.0 Å². The van der Waals surface area contributed by atoms with E-state index in [9.17, 15) is 4.79 Å². The zero-order chi connectivity index (χ0) is 11.0. The molecule has 1 heterocycles. The first-order chi connectivity index (χ1) is 7.09. The molecule has 0 aliphatic heterocycles. The number of para-hydroxylation sites is 1. The van der Waals surface area contributed by atoms with Crippen LogP contribution >= 0.6 is 0 Å². The maximum Gasteiger partial charge on any atom is 0.356 e. The number of aryl methyl sites for hydroxylation is 2. The third kappa shape index (κ3) is 1.54. The van der Waals surface area contributed by atoms with E-state index in [0.29, 0.717) is 11.2 Å². The topological polar surface area (TPSA) is 63.1 Å². The van der Waals surface area contributed by atoms with Crippen molar-refractivity contribution >= 4 is 17.0 Å². The SMILES string of the molecule is Cc1nc2c(C)cccc2nc1C(=O)O. The maximum atomic E-state index is 10.8. The zero-order valence-corrected chi connectivity index (χ0v) is 8.48. The van der Waals surface area contributed by atoms with Gasteiger partial charge in [-0.3, -0.25) is 0 Å². The first-order valence-corrected chi connectivity index (χ1v) is 4.57. The summed E-state index contributed by atoms with van der Waals surface area (Å²) < 4.78 is 0. The van der Waals surface area contributed by atoms with Crippen LogP contribution in [0, 0.1) is 13.8 Å². The third-order valence-electron chi connectivity index (χ3n) is 2.27. The zero-order valence-electron chi connectivity index (χ0n) is 8.48. The number of carbonyl (C=O) groups is 1. The quantitative estimate of drug-likeness (QED) is 0.767. The third-order valence-corrected chi connectivity index (χ3v) is 2.27. The van der Waals surface area contributed by atoms with Gasteiger partial charge in [-0.15, -0.1) is 0 Å². The number of aromatic nitrogens is 2. The standard InChI is InChI=1S/C11H10N2O2/c1-6-4-3-5-8-9(6)12-7(2)10(13-8)11(14)15/h3-5H,1-2H3,(H,14,15). The summed E-state index contributed by atoms with van der Waals surface area (Å²) in [6.07, 6.45) is 0. The number of hydrogen-bond donors (Lipinski definition) is 1. The lowest BCUT2D eigenvalue weighted by Crippen LogP contribution is -2.06. The molecule has 0 radical (unpaired) electrons. The van der Waals surface area contributed by atoms with E-state index >= 15 is 0 Å². The van der Waals surface area contributed by atoms with Gasteiger partial charge in [0.2, 0.25) is 0 Å². The van der Waals surface area contributed by atoms with Crippen LogP contribution < -0.4 is 0 Å². The molecular weight excluding hydrogens is 192 g/mol. The Labute approximate surface area is 86.6 Å². The highest BCUT2D eigenvalue weighted by Gasteiger charge is 2.12. The summed E-state index contributed by atoms with van der Waals surface area (Å²) in [4.78, 5) is 19.2. The van der Waals surface area contributed by atoms with Crippen LogP contribution in [0.25, 0.3) is 11.0 Å². The number of carboxylic acids is 1. The van der Waals surface area contributed by atoms with E-state index in [1.165, 1.54) is 0 Å². The Balaban J connectivity index is 2.82. The van der Waals surface area contributed by atoms with Crippen LogP contribution in [0.15, 0.2) is 18.2 Å². The van der Waals surface area contributed by atoms with Crippen LogP contribution in [0.4, 0.5) is 0 Å². The average Bonchev–Trinajstić information content (AvgIpc) is 2.18. The van der Waals surface area contributed by atoms with E-state index in [2.05, 4.69) is 9.97 Å². The maximum absolute atomic E-state index is 10.8. The molecule has 0 spiro atoms. The van der Waals surface area contributed by atoms with Crippen LogP contribution in [-0.2, 0) is 0 Å². The molecule has 76 valence electrons. The fourth-order valence-corrected chi connectivity index (χ4v) is 1.50. The highest BCUT2D eigenvalue weighted by atomic mass is 16.4. The van der Waals surface area contributed by atoms with Crippen LogP contribution in [0.5, 0.6) is 0 Å². The number of rotatable bonds is 1. The first kappa shape index (κ1) is 9.58. The smallest absolute Gasteiger partial charge is 0.356 e. The summed E-state index contributed by atoms with van der Waals surface area (Å²) >= 11 is 0. The normalized spacial score (nSPS) is 10.5. The van der Waals surface area contributed by atoms with E-state index in [4.69, 9.17) is 5.11 Å². The second-order valence-electron chi connectivity index (χ2n) is 3.41. The molecule has 0 amide bonds. The number of benzene rings is 1. The lowest BCUT2D eigenvalue weighted by atomic mass is 10.2. The Bertz CT molecular complexity index is 550. The van der Waals surface area contributed by atoms with Gasteiger partial charge in [0.1, 0.15) is 0 Å². The number of carboxylic acid groups (broad SMARTS) is 1. The molecule has 15 heavy (non-hydrogen) atoms. The molecule has 4 nitrogen and oxygen atoms in total. The number of fused-ring (bicyclic) bond motifs is 1. The molecule has 0 atom stereocenters. The van der Waals surface area contributed by atoms with Gasteiger partial charge in [-0.25, -0.2) is 14.8 Å². The van der Waals surface area contributed by atoms with Crippen molar-refractivity contribution in [3.05, 3.63) is 35.2 Å². The summed E-state index contributed by atoms with van der Waals surface area (Å²) in [5.41, 5.74) is 2.86. The molecule has 1 aromatic carbocycles. The number of nitrogens with zero attached hydrogens (tertiary/aromatic N) is 2. The molecule has 0 saturated carbocycles. The highest BCUT2D eigenvalue weighted by molar-refractivity contribution is 5.90. The van der Waals surface area contributed by atoms with Crippen molar-refractivity contribution in [1.29, 1.82) is 0 Å². The van der Waals surface area contributed by atoms with Gasteiger partial charge < -0.3 is 5.11 Å². The minimum Gasteiger partial charge on any atom is -0.476 e. The Hall–Kier alpha value is -1.97. The lowest BCUT2D eigenvalue weighted by molar-refractivity contribution is 0.0689. The van der Waals surface area contributed by atoms with Crippen molar-refractivity contribution in [2.45, 2.75) is 13.8 Å². The molecule has 1 N–H and O–H groups in total. The van der Waals surface area contributed by atoms with Gasteiger partial charge >= 0.3 is 5.97 Å². The van der Waals surface area contributed by atoms with Crippen LogP contribution in [0.2, 0.25) is 0 Å². The lowest BCUT2D eigenvalue weighted by Gasteiger charge is -2.04. The fourth-order valence-electron chi connectivity index (χ4n) is 1.50. The highest BCUT2D eigenvalue weighted by Crippen LogP contribution is 2.16. The molecular formula is C11H10N2O2. The summed E-state index contributed by atoms with van der Waals surface area (Å²) in [5, 5.41) is 8.89. The molecule has 0 aliphatic carbocycles. The molecule has 0 saturated heterocycles. The first-order valence-electron chi connectivity index (χ1n) is 4.57. The van der Waals surface area contributed by atoms with Gasteiger partial charge in [-0.1, -0.05) is 12.1 Å². The van der Waals surface area contributed by atoms with E-state index in [0.717, 1.165) is 11.1 Å². The van der Waals surface area contributed by atoms with Crippen molar-refractivity contribution in [3.8, 4) is 0 Å². The van der Waals surface area contributed by atoms with E-state index < -0.39 is 5.97 Å². The van der Waals surface area contributed by atoms with Gasteiger partial charge in [0.25, 0.3) is 0 Å². The minimum atomic E-state index is -1.04. The Morgan fingerprint density at radius 3 is 2.67 bits per heavy atom. The van der Waals surface area contributed by atoms with Crippen molar-refractivity contribution in [2.75, 3.05) is 0 Å². The fraction of sp³-hybridized carbons (Fsp3) is 0.182. The molecule has 2 aromatic rings. The molecule has 1 aromatic heterocycles.